The largest absolute Gasteiger partial charge is 0.460 e. The SMILES string of the molecule is CC#CC#CC#CC#CC#CC#CC#CC#CC#CC#CC#CC#CC(=O)N[C@@H](CO[C@H]1OC(COS(=O)(=O)c2ccc(C)cc2)[C@H](C)[C@H](C)C1C)[C@H](OC(C)=O)[C@H](C)CCCCCCCCCCCCCC.CC#CC#CC#CC#CC#CC#CC#CC#CC#CC#CC#CC#CC(=O)N[C@@H](CO[C@H]1OC(CSC(C)=O)[C@H](C)[C@H](C)C1C)[C@H](OC(C)=O)[C@H](C)CCCCCCCCCCCCCC.[HH].[HH].[HH].[HH].[HH].[HH].[HH].[HH].[HH].[HH].[HH].[HH].[HH].[HH].[HH].[HH].[HH].[HH].[HH].[HH].[HH].[HH].[HH].[HH].[HH].[HH].[HH].[HH].[HH].[HH].[HH].[HH].[HH].[HH].[HH].[HH].[HH].[HH].[HH].[HH].[HH].[HH].[HH].[HH].[HH].[HH].[HH].[HH]. The van der Waals surface area contributed by atoms with Crippen molar-refractivity contribution >= 4 is 50.7 Å². The second-order valence-electron chi connectivity index (χ2n) is 33.1. The maximum atomic E-state index is 13.4. The van der Waals surface area contributed by atoms with Crippen LogP contribution in [0.3, 0.4) is 0 Å². The number of unbranched alkanes of at least 4 members (excludes halogenated alkanes) is 22. The predicted molar refractivity (Wildman–Crippen MR) is 656 cm³/mol. The number of carbonyl (C=O) groups excluding carboxylic acids is 5. The number of nitrogens with one attached hydrogen (secondary N) is 2. The predicted octanol–water partition coefficient (Wildman–Crippen LogP) is 28.5. The zero-order valence-corrected chi connectivity index (χ0v) is 85.4. The van der Waals surface area contributed by atoms with Crippen molar-refractivity contribution in [1.82, 2.24) is 10.6 Å². The molecule has 1 aromatic carbocycles. The smallest absolute Gasteiger partial charge is 0.302 e. The fraction of sp³-hybridized carbons (Fsp3) is 0.512. The van der Waals surface area contributed by atoms with E-state index in [-0.39, 0.29) is 152 Å². The van der Waals surface area contributed by atoms with Gasteiger partial charge in [-0.2, -0.15) is 8.42 Å². The number of aryl methyl sites for hydroxylation is 1. The van der Waals surface area contributed by atoms with E-state index in [9.17, 15) is 32.4 Å². The fourth-order valence-electron chi connectivity index (χ4n) is 14.2. The Morgan fingerprint density at radius 3 is 0.899 bits per heavy atom. The van der Waals surface area contributed by atoms with Crippen LogP contribution in [-0.2, 0) is 66.7 Å². The molecule has 2 fully saturated rings. The van der Waals surface area contributed by atoms with Gasteiger partial charge in [-0.15, -0.1) is 0 Å². The molecule has 18 heteroatoms. The highest BCUT2D eigenvalue weighted by atomic mass is 32.2. The zero-order valence-electron chi connectivity index (χ0n) is 83.8. The highest BCUT2D eigenvalue weighted by Gasteiger charge is 2.44. The average Bonchev–Trinajstić information content (AvgIpc) is 0.904. The molecule has 2 aliphatic rings. The number of rotatable bonds is 46. The third kappa shape index (κ3) is 61.9. The normalized spacial score (nSPS) is 16.9. The topological polar surface area (TPSA) is 208 Å². The third-order valence-electron chi connectivity index (χ3n) is 22.4. The molecule has 2 aliphatic heterocycles. The first-order valence-corrected chi connectivity index (χ1v) is 50.2. The Hall–Kier alpha value is -13.7. The van der Waals surface area contributed by atoms with Gasteiger partial charge in [0, 0.05) is 190 Å². The van der Waals surface area contributed by atoms with E-state index in [1.807, 2.05) is 34.6 Å². The van der Waals surface area contributed by atoms with Crippen LogP contribution in [0.25, 0.3) is 0 Å². The summed E-state index contributed by atoms with van der Waals surface area (Å²) < 4.78 is 69.2. The lowest BCUT2D eigenvalue weighted by atomic mass is 9.79. The fourth-order valence-corrected chi connectivity index (χ4v) is 15.9. The summed E-state index contributed by atoms with van der Waals surface area (Å²) in [6.45, 7) is 30.1. The van der Waals surface area contributed by atoms with Crippen molar-refractivity contribution in [3.05, 3.63) is 29.8 Å². The van der Waals surface area contributed by atoms with Crippen molar-refractivity contribution in [2.75, 3.05) is 25.6 Å². The molecule has 816 valence electrons. The van der Waals surface area contributed by atoms with Crippen LogP contribution in [0.5, 0.6) is 0 Å². The summed E-state index contributed by atoms with van der Waals surface area (Å²) in [4.78, 5) is 63.5. The van der Waals surface area contributed by atoms with E-state index in [0.29, 0.717) is 5.75 Å². The minimum Gasteiger partial charge on any atom is -0.460 e. The molecule has 139 heavy (non-hydrogen) atoms. The van der Waals surface area contributed by atoms with E-state index >= 15 is 0 Å². The van der Waals surface area contributed by atoms with Gasteiger partial charge in [0.15, 0.2) is 17.7 Å². The highest BCUT2D eigenvalue weighted by molar-refractivity contribution is 8.13. The molecule has 2 saturated heterocycles. The summed E-state index contributed by atoms with van der Waals surface area (Å²) in [5, 5.41) is 5.88. The Kier molecular flexibility index (Phi) is 70.2. The van der Waals surface area contributed by atoms with Crippen molar-refractivity contribution in [2.45, 2.75) is 332 Å². The van der Waals surface area contributed by atoms with Crippen LogP contribution < -0.4 is 10.6 Å². The first-order valence-electron chi connectivity index (χ1n) is 47.8. The summed E-state index contributed by atoms with van der Waals surface area (Å²) in [5.41, 5.74) is 0.925. The van der Waals surface area contributed by atoms with E-state index in [0.717, 1.165) is 56.9 Å². The molecule has 4 unspecified atom stereocenters. The van der Waals surface area contributed by atoms with Gasteiger partial charge < -0.3 is 39.1 Å². The highest BCUT2D eigenvalue weighted by Crippen LogP contribution is 2.39. The van der Waals surface area contributed by atoms with Gasteiger partial charge in [0.25, 0.3) is 21.9 Å². The molecule has 16 atom stereocenters. The first kappa shape index (κ1) is 121. The molecule has 0 bridgehead atoms. The van der Waals surface area contributed by atoms with Crippen molar-refractivity contribution in [2.24, 2.45) is 47.3 Å². The van der Waals surface area contributed by atoms with Gasteiger partial charge in [0.1, 0.15) is 12.2 Å². The van der Waals surface area contributed by atoms with Crippen LogP contribution in [0.15, 0.2) is 29.2 Å². The number of thioether (sulfide) groups is 1. The zero-order chi connectivity index (χ0) is 102. The Labute approximate surface area is 910 Å². The van der Waals surface area contributed by atoms with Gasteiger partial charge in [-0.05, 0) is 271 Å². The molecule has 0 spiro atoms. The lowest BCUT2D eigenvalue weighted by molar-refractivity contribution is -0.256. The van der Waals surface area contributed by atoms with Gasteiger partial charge in [0.2, 0.25) is 0 Å². The van der Waals surface area contributed by atoms with Crippen molar-refractivity contribution in [3.63, 3.8) is 0 Å². The van der Waals surface area contributed by atoms with Crippen LogP contribution in [0.2, 0.25) is 0 Å². The Bertz CT molecular complexity index is 6160. The number of hydrogen-bond donors (Lipinski definition) is 2. The van der Waals surface area contributed by atoms with Gasteiger partial charge >= 0.3 is 11.9 Å². The minimum atomic E-state index is -4.04. The Morgan fingerprint density at radius 2 is 0.626 bits per heavy atom. The third-order valence-corrected chi connectivity index (χ3v) is 24.6. The van der Waals surface area contributed by atoms with Crippen molar-refractivity contribution in [3.8, 4) is 284 Å². The number of hydrogen-bond acceptors (Lipinski definition) is 15. The molecule has 0 radical (unpaired) electrons. The Balaban J connectivity index is -0.0000000372. The van der Waals surface area contributed by atoms with E-state index in [2.05, 4.69) is 336 Å². The second kappa shape index (κ2) is 80.4. The van der Waals surface area contributed by atoms with Crippen LogP contribution in [-0.4, -0.2) is 112 Å². The number of esters is 2. The number of carbonyl (C=O) groups is 5. The molecule has 1 aromatic rings. The molecule has 2 amide bonds. The van der Waals surface area contributed by atoms with Crippen LogP contribution >= 0.6 is 11.8 Å². The second-order valence-corrected chi connectivity index (χ2v) is 35.9. The lowest BCUT2D eigenvalue weighted by Crippen LogP contribution is -2.53. The van der Waals surface area contributed by atoms with E-state index in [4.69, 9.17) is 32.6 Å². The summed E-state index contributed by atoms with van der Waals surface area (Å²) in [6.07, 6.45) is 27.5. The number of ether oxygens (including phenoxy) is 6. The van der Waals surface area contributed by atoms with E-state index < -0.39 is 76.8 Å². The van der Waals surface area contributed by atoms with Crippen LogP contribution in [0.4, 0.5) is 0 Å². The number of amides is 2. The summed E-state index contributed by atoms with van der Waals surface area (Å²) >= 11 is 1.24. The monoisotopic (exact) mass is 2000 g/mol. The quantitative estimate of drug-likeness (QED) is 0.0269. The van der Waals surface area contributed by atoms with Gasteiger partial charge in [-0.3, -0.25) is 28.2 Å². The maximum Gasteiger partial charge on any atom is 0.302 e. The maximum absolute atomic E-state index is 13.4. The summed E-state index contributed by atoms with van der Waals surface area (Å²) in [7, 11) is -4.04. The van der Waals surface area contributed by atoms with Gasteiger partial charge in [-0.1, -0.05) is 265 Å². The molecule has 0 aliphatic carbocycles. The molecule has 0 saturated carbocycles. The van der Waals surface area contributed by atoms with Crippen LogP contribution in [0.1, 0.15) is 345 Å². The molecule has 2 heterocycles. The van der Waals surface area contributed by atoms with Gasteiger partial charge in [-0.25, -0.2) is 0 Å². The summed E-state index contributed by atoms with van der Waals surface area (Å²) in [5.74, 6) is 120. The molecular weight excluding hydrogens is 1770 g/mol. The lowest BCUT2D eigenvalue weighted by Gasteiger charge is -2.44. The van der Waals surface area contributed by atoms with Crippen molar-refractivity contribution in [1.29, 1.82) is 0 Å². The molecule has 0 aromatic heterocycles. The molecular formula is C121H226N2O14S2. The molecule has 3 rings (SSSR count). The van der Waals surface area contributed by atoms with E-state index in [1.165, 1.54) is 153 Å². The van der Waals surface area contributed by atoms with E-state index in [1.54, 1.807) is 32.9 Å². The van der Waals surface area contributed by atoms with Gasteiger partial charge in [0.05, 0.1) is 49.0 Å². The summed E-state index contributed by atoms with van der Waals surface area (Å²) in [6, 6.07) is 4.90. The van der Waals surface area contributed by atoms with Crippen LogP contribution in [0, 0.1) is 338 Å². The Morgan fingerprint density at radius 1 is 0.367 bits per heavy atom. The molecule has 2 N–H and O–H groups in total. The minimum absolute atomic E-state index is 0. The number of benzene rings is 1. The molecule has 16 nitrogen and oxygen atoms in total. The standard InChI is InChI=1S/C63H67NO8S.C58H63NO6S.48H2/c1-9-11-13-15-17-19-21-23-24-25-26-27-28-29-30-31-32-33-35-37-39-41-43-45-61(66)64-59(62(71-57(8)65)53(4)44-42-40-38-36-34-22-20-18-16-14-12-10-2)50-69-63-56(7)54(5)55(6)60(72-63)51-70-73(67,68)58-48-46-52(3)47-49-58;1-9-11-13-15-17-19-21-23-24-25-26-27-28-29-30-31-32-33-35-37-39-41-43-45-56(62)59-54(46-63-58-51(6)49(4)50(5)55(65-58)47-66-53(8)61)57(64-52(7)60)48(3)44-42-40-38-36-34-22-20-18-16-14-12-10-2;;;;;;;;;;;;;;;;;;;;;;;;;;;;;;;;;;;;;;;;;;;;;;;;/h46-49,53-56,59-60,62-63H,10,12,14,16,18,20,22,34,36,38,40,42,44,50-51H2,1-8H3,(H,64,66);48-51,54-55,57-58H,10,12,14,16,18,20,22,34,36,38,40,42,44,46-47H2,1-8H3,(H,59,62);48*1H/t53-,54+,55-,56?,59+,60?,62-,63+;48-,49+,50-,51?,54+,55?,57-,58+;;;;;;;;;;;;;;;;;;;;;;;;;;;;;;;;;;;;;;;;;;;;;;;;/m11................................................/s1. The first-order chi connectivity index (χ1) is 67.3. The average molecular weight is 2000 g/mol. The van der Waals surface area contributed by atoms with Crippen molar-refractivity contribution < 1.29 is 133 Å².